The number of benzene rings is 4. The maximum atomic E-state index is 14.5. The average molecular weight is 900 g/mol. The molecule has 0 saturated carbocycles. The van der Waals surface area contributed by atoms with Crippen molar-refractivity contribution < 1.29 is 35.9 Å². The normalized spacial score (nSPS) is 11.9. The summed E-state index contributed by atoms with van der Waals surface area (Å²) in [5, 5.41) is 50.6. The molecule has 1 aliphatic rings. The van der Waals surface area contributed by atoms with Crippen molar-refractivity contribution in [2.45, 2.75) is 56.2 Å². The van der Waals surface area contributed by atoms with E-state index in [2.05, 4.69) is 19.9 Å². The molecule has 14 nitrogen and oxygen atoms in total. The minimum Gasteiger partial charge on any atom is -0.872 e. The maximum Gasteiger partial charge on any atom is 0.241 e. The third kappa shape index (κ3) is 10.8. The van der Waals surface area contributed by atoms with Crippen LogP contribution in [0.5, 0.6) is 23.0 Å². The summed E-state index contributed by atoms with van der Waals surface area (Å²) in [4.78, 5) is 15.7. The molecule has 8 N–H and O–H groups in total. The Labute approximate surface area is 372 Å². The SMILES string of the molecule is ClC(Cl)Cl.O.O.[O-]c1c2cc(Cn3ccnc3)cc1Cc1cc(Cn3ccnc3)cc(c1O)Cc1cc(C[n+]3cc[nH]c3)cc(c1O)Cc1cc(Cn3ccnc3)cc(c1O)C2. The van der Waals surface area contributed by atoms with E-state index < -0.39 is 4.30 Å². The number of rotatable bonds is 8. The van der Waals surface area contributed by atoms with Crippen LogP contribution in [0.3, 0.4) is 0 Å². The van der Waals surface area contributed by atoms with E-state index in [-0.39, 0.29) is 59.6 Å². The van der Waals surface area contributed by atoms with Crippen molar-refractivity contribution in [3.05, 3.63) is 190 Å². The summed E-state index contributed by atoms with van der Waals surface area (Å²) in [7, 11) is 0. The number of hydrogen-bond acceptors (Lipinski definition) is 7. The van der Waals surface area contributed by atoms with E-state index in [0.29, 0.717) is 70.7 Å². The van der Waals surface area contributed by atoms with E-state index in [1.807, 2.05) is 104 Å². The molecule has 17 heteroatoms. The lowest BCUT2D eigenvalue weighted by atomic mass is 9.88. The van der Waals surface area contributed by atoms with Gasteiger partial charge in [-0.2, -0.15) is 0 Å². The second-order valence-electron chi connectivity index (χ2n) is 15.0. The Bertz CT molecular complexity index is 2240. The summed E-state index contributed by atoms with van der Waals surface area (Å²) >= 11 is 14.4. The second-order valence-corrected chi connectivity index (χ2v) is 17.0. The highest BCUT2D eigenvalue weighted by atomic mass is 35.6. The molecular formula is C45H45Cl3N8O6. The van der Waals surface area contributed by atoms with Gasteiger partial charge in [0.25, 0.3) is 0 Å². The lowest BCUT2D eigenvalue weighted by Gasteiger charge is -2.24. The van der Waals surface area contributed by atoms with E-state index in [0.717, 1.165) is 22.3 Å². The van der Waals surface area contributed by atoms with Gasteiger partial charge in [0, 0.05) is 82.5 Å². The molecule has 0 radical (unpaired) electrons. The van der Waals surface area contributed by atoms with Crippen molar-refractivity contribution >= 4 is 34.8 Å². The molecule has 0 atom stereocenters. The number of halogens is 3. The van der Waals surface area contributed by atoms with Gasteiger partial charge in [0.1, 0.15) is 36.2 Å². The van der Waals surface area contributed by atoms with Gasteiger partial charge in [0.2, 0.25) is 6.33 Å². The molecule has 0 unspecified atom stereocenters. The van der Waals surface area contributed by atoms with Gasteiger partial charge in [0.05, 0.1) is 19.0 Å². The number of aromatic hydroxyl groups is 3. The molecule has 4 aromatic carbocycles. The minimum atomic E-state index is -0.750. The number of alkyl halides is 3. The zero-order valence-corrected chi connectivity index (χ0v) is 35.6. The van der Waals surface area contributed by atoms with Crippen LogP contribution < -0.4 is 9.67 Å². The van der Waals surface area contributed by atoms with Crippen molar-refractivity contribution in [3.63, 3.8) is 0 Å². The zero-order chi connectivity index (χ0) is 41.8. The molecule has 4 heterocycles. The third-order valence-electron chi connectivity index (χ3n) is 10.5. The summed E-state index contributed by atoms with van der Waals surface area (Å²) in [6.07, 6.45) is 22.6. The number of phenols is 3. The number of nitrogens with zero attached hydrogens (tertiary/aromatic N) is 7. The molecule has 8 bridgehead atoms. The Kier molecular flexibility index (Phi) is 14.6. The van der Waals surface area contributed by atoms with Crippen LogP contribution in [-0.4, -0.2) is 64.2 Å². The Morgan fingerprint density at radius 1 is 0.565 bits per heavy atom. The van der Waals surface area contributed by atoms with E-state index in [1.54, 1.807) is 37.6 Å². The molecule has 0 saturated heterocycles. The Balaban J connectivity index is 0.00000103. The van der Waals surface area contributed by atoms with Crippen molar-refractivity contribution in [2.75, 3.05) is 0 Å². The smallest absolute Gasteiger partial charge is 0.241 e. The van der Waals surface area contributed by atoms with Crippen LogP contribution in [0.15, 0.2) is 123 Å². The maximum absolute atomic E-state index is 14.5. The van der Waals surface area contributed by atoms with Crippen molar-refractivity contribution in [2.24, 2.45) is 0 Å². The number of phenolic OH excluding ortho intramolecular Hbond substituents is 3. The van der Waals surface area contributed by atoms with Crippen molar-refractivity contribution in [1.29, 1.82) is 0 Å². The molecular weight excluding hydrogens is 855 g/mol. The first-order chi connectivity index (χ1) is 29.0. The molecule has 0 fully saturated rings. The van der Waals surface area contributed by atoms with Crippen LogP contribution in [0.2, 0.25) is 0 Å². The molecule has 322 valence electrons. The fourth-order valence-corrected chi connectivity index (χ4v) is 7.98. The lowest BCUT2D eigenvalue weighted by Crippen LogP contribution is -2.31. The lowest BCUT2D eigenvalue weighted by molar-refractivity contribution is -0.687. The Hall–Kier alpha value is -6.29. The van der Waals surface area contributed by atoms with Gasteiger partial charge >= 0.3 is 0 Å². The predicted octanol–water partition coefficient (Wildman–Crippen LogP) is 5.29. The standard InChI is InChI=1S/C44H40N8O4.CHCl3.2H2O/c53-41-33-9-29(21-49-5-1-45-25-49)10-34(41)18-36-12-31(23-51-7-3-47-27-51)14-38(43(36)55)20-40-16-32(24-52-8-4-48-28-52)15-39(44(40)56)19-37-13-30(11-35(17-33)42(37)54)22-50-6-2-46-26-50;2-1(3)4;;/h1-16,25-28,53-56H,17-24H2;1H;2*1H2. The Morgan fingerprint density at radius 2 is 0.887 bits per heavy atom. The molecule has 0 aliphatic heterocycles. The van der Waals surface area contributed by atoms with Gasteiger partial charge in [-0.1, -0.05) is 58.1 Å². The zero-order valence-electron chi connectivity index (χ0n) is 33.3. The van der Waals surface area contributed by atoms with Crippen LogP contribution in [-0.2, 0) is 51.9 Å². The molecule has 1 aliphatic carbocycles. The summed E-state index contributed by atoms with van der Waals surface area (Å²) < 4.78 is 7.13. The fourth-order valence-electron chi connectivity index (χ4n) is 7.98. The van der Waals surface area contributed by atoms with E-state index in [1.165, 1.54) is 0 Å². The molecule has 8 aromatic rings. The number of nitrogens with one attached hydrogen (secondary N) is 1. The molecule has 0 spiro atoms. The molecule has 4 aromatic heterocycles. The van der Waals surface area contributed by atoms with Gasteiger partial charge < -0.3 is 45.1 Å². The van der Waals surface area contributed by atoms with Crippen LogP contribution >= 0.6 is 34.8 Å². The number of fused-ring (bicyclic) bond motifs is 8. The number of imidazole rings is 4. The van der Waals surface area contributed by atoms with E-state index in [4.69, 9.17) is 34.8 Å². The molecule has 0 amide bonds. The van der Waals surface area contributed by atoms with Gasteiger partial charge in [-0.3, -0.25) is 4.98 Å². The highest BCUT2D eigenvalue weighted by Crippen LogP contribution is 2.39. The van der Waals surface area contributed by atoms with Gasteiger partial charge in [-0.05, 0) is 92.0 Å². The topological polar surface area (TPSA) is 220 Å². The van der Waals surface area contributed by atoms with Crippen LogP contribution in [0.25, 0.3) is 0 Å². The number of aromatic nitrogens is 8. The summed E-state index contributed by atoms with van der Waals surface area (Å²) in [6.45, 7) is 2.05. The average Bonchev–Trinajstić information content (AvgIpc) is 4.06. The monoisotopic (exact) mass is 898 g/mol. The number of aromatic amines is 1. The van der Waals surface area contributed by atoms with E-state index in [9.17, 15) is 20.4 Å². The van der Waals surface area contributed by atoms with Crippen LogP contribution in [0.4, 0.5) is 0 Å². The van der Waals surface area contributed by atoms with Gasteiger partial charge in [-0.25, -0.2) is 19.5 Å². The first-order valence-electron chi connectivity index (χ1n) is 19.2. The molecule has 62 heavy (non-hydrogen) atoms. The quantitative estimate of drug-likeness (QED) is 0.117. The first-order valence-corrected chi connectivity index (χ1v) is 20.5. The Morgan fingerprint density at radius 3 is 1.19 bits per heavy atom. The fraction of sp³-hybridized carbons (Fsp3) is 0.200. The first kappa shape index (κ1) is 45.2. The highest BCUT2D eigenvalue weighted by Gasteiger charge is 2.21. The van der Waals surface area contributed by atoms with Crippen molar-refractivity contribution in [3.8, 4) is 23.0 Å². The predicted molar refractivity (Wildman–Crippen MR) is 234 cm³/mol. The van der Waals surface area contributed by atoms with E-state index >= 15 is 0 Å². The number of hydrogen-bond donors (Lipinski definition) is 4. The number of H-pyrrole nitrogens is 1. The van der Waals surface area contributed by atoms with Crippen LogP contribution in [0, 0.1) is 0 Å². The summed E-state index contributed by atoms with van der Waals surface area (Å²) in [5.41, 5.74) is 8.57. The molecule has 9 rings (SSSR count). The largest absolute Gasteiger partial charge is 0.872 e. The van der Waals surface area contributed by atoms with Crippen LogP contribution in [0.1, 0.15) is 66.8 Å². The van der Waals surface area contributed by atoms with Gasteiger partial charge in [0.15, 0.2) is 4.30 Å². The highest BCUT2D eigenvalue weighted by molar-refractivity contribution is 6.63. The summed E-state index contributed by atoms with van der Waals surface area (Å²) in [6, 6.07) is 15.6. The van der Waals surface area contributed by atoms with Crippen molar-refractivity contribution in [1.82, 2.24) is 33.6 Å². The third-order valence-corrected chi connectivity index (χ3v) is 10.5. The summed E-state index contributed by atoms with van der Waals surface area (Å²) in [5.74, 6) is 0.151. The second kappa shape index (κ2) is 20.1. The van der Waals surface area contributed by atoms with Gasteiger partial charge in [-0.15, -0.1) is 5.75 Å². The minimum absolute atomic E-state index is 0.